The summed E-state index contributed by atoms with van der Waals surface area (Å²) in [5.74, 6) is 0.799. The highest BCUT2D eigenvalue weighted by Gasteiger charge is 2.07. The molecule has 3 rings (SSSR count). The maximum atomic E-state index is 5.36. The fourth-order valence-electron chi connectivity index (χ4n) is 2.37. The first-order valence-electron chi connectivity index (χ1n) is 7.27. The van der Waals surface area contributed by atoms with E-state index in [2.05, 4.69) is 62.2 Å². The van der Waals surface area contributed by atoms with E-state index >= 15 is 0 Å². The Labute approximate surface area is 148 Å². The number of nitrogens with zero attached hydrogens (tertiary/aromatic N) is 3. The molecule has 0 radical (unpaired) electrons. The highest BCUT2D eigenvalue weighted by Crippen LogP contribution is 2.15. The van der Waals surface area contributed by atoms with E-state index in [1.54, 1.807) is 0 Å². The smallest absolute Gasteiger partial charge is 0.217 e. The molecule has 0 aliphatic rings. The zero-order chi connectivity index (χ0) is 16.2. The van der Waals surface area contributed by atoms with E-state index in [-0.39, 0.29) is 0 Å². The minimum Gasteiger partial charge on any atom is -0.283 e. The van der Waals surface area contributed by atoms with Crippen LogP contribution in [0.25, 0.3) is 11.4 Å². The van der Waals surface area contributed by atoms with Crippen molar-refractivity contribution in [1.82, 2.24) is 19.7 Å². The molecule has 0 fully saturated rings. The Balaban J connectivity index is 1.71. The van der Waals surface area contributed by atoms with Crippen LogP contribution in [0.1, 0.15) is 5.56 Å². The normalized spacial score (nSPS) is 11.1. The predicted octanol–water partition coefficient (Wildman–Crippen LogP) is 4.46. The molecule has 0 bridgehead atoms. The second kappa shape index (κ2) is 7.21. The molecular formula is C17H17BrN4S. The van der Waals surface area contributed by atoms with E-state index in [0.717, 1.165) is 22.4 Å². The Kier molecular flexibility index (Phi) is 5.05. The number of aromatic amines is 1. The quantitative estimate of drug-likeness (QED) is 0.655. The average molecular weight is 389 g/mol. The van der Waals surface area contributed by atoms with Gasteiger partial charge in [-0.25, -0.2) is 4.68 Å². The molecule has 4 nitrogen and oxygen atoms in total. The summed E-state index contributed by atoms with van der Waals surface area (Å²) < 4.78 is 3.54. The minimum atomic E-state index is 0.562. The molecule has 0 aliphatic carbocycles. The molecule has 118 valence electrons. The van der Waals surface area contributed by atoms with Gasteiger partial charge in [-0.2, -0.15) is 4.98 Å². The van der Waals surface area contributed by atoms with E-state index in [1.165, 1.54) is 5.56 Å². The van der Waals surface area contributed by atoms with Gasteiger partial charge in [0.1, 0.15) is 0 Å². The lowest BCUT2D eigenvalue weighted by atomic mass is 10.2. The molecular weight excluding hydrogens is 372 g/mol. The van der Waals surface area contributed by atoms with Crippen LogP contribution in [0.5, 0.6) is 0 Å². The van der Waals surface area contributed by atoms with Gasteiger partial charge in [0.25, 0.3) is 0 Å². The highest BCUT2D eigenvalue weighted by molar-refractivity contribution is 9.10. The average Bonchev–Trinajstić information content (AvgIpc) is 2.91. The molecule has 2 aromatic carbocycles. The SMILES string of the molecule is CN(Cc1ccc(Br)cc1)Cn1[nH]c(-c2ccccc2)nc1=S. The molecule has 0 saturated heterocycles. The lowest BCUT2D eigenvalue weighted by Gasteiger charge is -2.17. The fourth-order valence-corrected chi connectivity index (χ4v) is 2.83. The Morgan fingerprint density at radius 1 is 1.13 bits per heavy atom. The minimum absolute atomic E-state index is 0.562. The first-order valence-corrected chi connectivity index (χ1v) is 8.47. The van der Waals surface area contributed by atoms with Crippen molar-refractivity contribution in [2.75, 3.05) is 7.05 Å². The molecule has 0 amide bonds. The van der Waals surface area contributed by atoms with Crippen LogP contribution in [-0.2, 0) is 13.2 Å². The summed E-state index contributed by atoms with van der Waals surface area (Å²) in [6, 6.07) is 18.3. The van der Waals surface area contributed by atoms with Crippen LogP contribution in [0.2, 0.25) is 0 Å². The Morgan fingerprint density at radius 2 is 1.83 bits per heavy atom. The zero-order valence-corrected chi connectivity index (χ0v) is 15.1. The van der Waals surface area contributed by atoms with E-state index in [0.29, 0.717) is 11.4 Å². The number of rotatable bonds is 5. The second-order valence-corrected chi connectivity index (χ2v) is 6.71. The second-order valence-electron chi connectivity index (χ2n) is 5.43. The number of nitrogens with one attached hydrogen (secondary N) is 1. The van der Waals surface area contributed by atoms with E-state index in [9.17, 15) is 0 Å². The Morgan fingerprint density at radius 3 is 2.52 bits per heavy atom. The van der Waals surface area contributed by atoms with Crippen LogP contribution in [0.3, 0.4) is 0 Å². The van der Waals surface area contributed by atoms with Crippen LogP contribution in [0, 0.1) is 4.77 Å². The van der Waals surface area contributed by atoms with Gasteiger partial charge in [-0.05, 0) is 37.0 Å². The first kappa shape index (κ1) is 16.1. The van der Waals surface area contributed by atoms with E-state index < -0.39 is 0 Å². The Hall–Kier alpha value is -1.76. The molecule has 0 unspecified atom stereocenters. The van der Waals surface area contributed by atoms with Crippen molar-refractivity contribution in [3.63, 3.8) is 0 Å². The van der Waals surface area contributed by atoms with Gasteiger partial charge in [-0.15, -0.1) is 0 Å². The summed E-state index contributed by atoms with van der Waals surface area (Å²) in [6.07, 6.45) is 0. The monoisotopic (exact) mass is 388 g/mol. The standard InChI is InChI=1S/C17H17BrN4S/c1-21(11-13-7-9-15(18)10-8-13)12-22-17(23)19-16(20-22)14-5-3-2-4-6-14/h2-10H,11-12H2,1H3,(H,19,20,23). The van der Waals surface area contributed by atoms with Crippen LogP contribution >= 0.6 is 28.1 Å². The fraction of sp³-hybridized carbons (Fsp3) is 0.176. The van der Waals surface area contributed by atoms with E-state index in [1.807, 2.05) is 35.0 Å². The lowest BCUT2D eigenvalue weighted by molar-refractivity contribution is 0.244. The summed E-state index contributed by atoms with van der Waals surface area (Å²) in [5.41, 5.74) is 2.29. The van der Waals surface area contributed by atoms with Gasteiger partial charge in [0.2, 0.25) is 4.77 Å². The van der Waals surface area contributed by atoms with Crippen LogP contribution < -0.4 is 0 Å². The molecule has 0 saturated carbocycles. The van der Waals surface area contributed by atoms with Crippen molar-refractivity contribution in [3.05, 3.63) is 69.4 Å². The number of hydrogen-bond donors (Lipinski definition) is 1. The predicted molar refractivity (Wildman–Crippen MR) is 98.5 cm³/mol. The summed E-state index contributed by atoms with van der Waals surface area (Å²) in [6.45, 7) is 1.50. The first-order chi connectivity index (χ1) is 11.1. The molecule has 0 spiro atoms. The van der Waals surface area contributed by atoms with Crippen molar-refractivity contribution in [1.29, 1.82) is 0 Å². The van der Waals surface area contributed by atoms with Crippen molar-refractivity contribution < 1.29 is 0 Å². The van der Waals surface area contributed by atoms with Gasteiger partial charge in [0, 0.05) is 16.6 Å². The number of benzene rings is 2. The van der Waals surface area contributed by atoms with Gasteiger partial charge in [-0.1, -0.05) is 58.4 Å². The van der Waals surface area contributed by atoms with Crippen molar-refractivity contribution in [2.24, 2.45) is 0 Å². The van der Waals surface area contributed by atoms with Crippen LogP contribution in [-0.4, -0.2) is 26.7 Å². The maximum absolute atomic E-state index is 5.36. The molecule has 6 heteroatoms. The molecule has 0 aliphatic heterocycles. The lowest BCUT2D eigenvalue weighted by Crippen LogP contribution is -2.22. The largest absolute Gasteiger partial charge is 0.283 e. The third-order valence-corrected chi connectivity index (χ3v) is 4.32. The van der Waals surface area contributed by atoms with Crippen LogP contribution in [0.15, 0.2) is 59.1 Å². The van der Waals surface area contributed by atoms with E-state index in [4.69, 9.17) is 12.2 Å². The molecule has 1 aromatic heterocycles. The number of hydrogen-bond acceptors (Lipinski definition) is 3. The summed E-state index contributed by atoms with van der Waals surface area (Å²) >= 11 is 8.82. The molecule has 3 aromatic rings. The molecule has 23 heavy (non-hydrogen) atoms. The van der Waals surface area contributed by atoms with Gasteiger partial charge >= 0.3 is 0 Å². The molecule has 1 heterocycles. The van der Waals surface area contributed by atoms with Gasteiger partial charge in [-0.3, -0.25) is 10.00 Å². The molecule has 0 atom stereocenters. The molecule has 1 N–H and O–H groups in total. The zero-order valence-electron chi connectivity index (χ0n) is 12.7. The summed E-state index contributed by atoms with van der Waals surface area (Å²) in [4.78, 5) is 6.63. The maximum Gasteiger partial charge on any atom is 0.217 e. The van der Waals surface area contributed by atoms with Crippen molar-refractivity contribution in [3.8, 4) is 11.4 Å². The van der Waals surface area contributed by atoms with Gasteiger partial charge in [0.05, 0.1) is 6.67 Å². The summed E-state index contributed by atoms with van der Waals surface area (Å²) in [5, 5.41) is 3.28. The third-order valence-electron chi connectivity index (χ3n) is 3.48. The van der Waals surface area contributed by atoms with Gasteiger partial charge < -0.3 is 0 Å². The van der Waals surface area contributed by atoms with Crippen LogP contribution in [0.4, 0.5) is 0 Å². The van der Waals surface area contributed by atoms with Gasteiger partial charge in [0.15, 0.2) is 5.82 Å². The van der Waals surface area contributed by atoms with Crippen molar-refractivity contribution in [2.45, 2.75) is 13.2 Å². The highest BCUT2D eigenvalue weighted by atomic mass is 79.9. The topological polar surface area (TPSA) is 36.9 Å². The number of H-pyrrole nitrogens is 1. The number of halogens is 1. The summed E-state index contributed by atoms with van der Waals surface area (Å²) in [7, 11) is 2.06. The Bertz CT molecular complexity index is 824. The third kappa shape index (κ3) is 4.16. The number of aromatic nitrogens is 3. The van der Waals surface area contributed by atoms with Crippen molar-refractivity contribution >= 4 is 28.1 Å².